The lowest BCUT2D eigenvalue weighted by molar-refractivity contribution is -0.385. The Hall–Kier alpha value is -2.16. The maximum Gasteiger partial charge on any atom is 0.272 e. The van der Waals surface area contributed by atoms with Crippen molar-refractivity contribution in [1.82, 2.24) is 5.32 Å². The number of nitrogens with one attached hydrogen (secondary N) is 1. The Morgan fingerprint density at radius 2 is 2.17 bits per heavy atom. The lowest BCUT2D eigenvalue weighted by atomic mass is 10.2. The van der Waals surface area contributed by atoms with Crippen LogP contribution in [0.25, 0.3) is 0 Å². The Kier molecular flexibility index (Phi) is 4.88. The summed E-state index contributed by atoms with van der Waals surface area (Å²) in [6.07, 6.45) is -0.434. The van der Waals surface area contributed by atoms with Crippen LogP contribution in [0.5, 0.6) is 5.75 Å². The summed E-state index contributed by atoms with van der Waals surface area (Å²) >= 11 is 0. The summed E-state index contributed by atoms with van der Waals surface area (Å²) in [6, 6.07) is 3.84. The number of nitro groups is 1. The minimum atomic E-state index is -3.06. The third-order valence-electron chi connectivity index (χ3n) is 3.63. The van der Waals surface area contributed by atoms with Gasteiger partial charge in [0.2, 0.25) is 0 Å². The number of amides is 1. The van der Waals surface area contributed by atoms with Crippen LogP contribution < -0.4 is 10.1 Å². The van der Waals surface area contributed by atoms with E-state index < -0.39 is 32.8 Å². The highest BCUT2D eigenvalue weighted by Gasteiger charge is 2.30. The molecule has 1 heterocycles. The normalized spacial score (nSPS) is 20.7. The molecule has 1 fully saturated rings. The smallest absolute Gasteiger partial charge is 0.272 e. The van der Waals surface area contributed by atoms with Gasteiger partial charge >= 0.3 is 0 Å². The van der Waals surface area contributed by atoms with E-state index in [0.29, 0.717) is 17.7 Å². The maximum absolute atomic E-state index is 12.0. The molecule has 1 saturated heterocycles. The molecule has 1 aliphatic heterocycles. The Morgan fingerprint density at radius 1 is 1.48 bits per heavy atom. The molecule has 8 nitrogen and oxygen atoms in total. The lowest BCUT2D eigenvalue weighted by Gasteiger charge is -2.17. The first-order chi connectivity index (χ1) is 10.7. The predicted octanol–water partition coefficient (Wildman–Crippen LogP) is 0.974. The van der Waals surface area contributed by atoms with Gasteiger partial charge in [-0.1, -0.05) is 0 Å². The molecule has 9 heteroatoms. The van der Waals surface area contributed by atoms with Crippen LogP contribution >= 0.6 is 0 Å². The van der Waals surface area contributed by atoms with Gasteiger partial charge in [-0.05, 0) is 32.4 Å². The highest BCUT2D eigenvalue weighted by molar-refractivity contribution is 7.91. The zero-order chi connectivity index (χ0) is 17.2. The van der Waals surface area contributed by atoms with Crippen molar-refractivity contribution in [3.8, 4) is 5.75 Å². The minimum absolute atomic E-state index is 0.0226. The van der Waals surface area contributed by atoms with Crippen molar-refractivity contribution in [3.63, 3.8) is 0 Å². The minimum Gasteiger partial charge on any atom is -0.481 e. The molecule has 1 aliphatic rings. The molecule has 0 aliphatic carbocycles. The van der Waals surface area contributed by atoms with E-state index in [0.717, 1.165) is 0 Å². The van der Waals surface area contributed by atoms with Crippen LogP contribution in [0.1, 0.15) is 18.9 Å². The van der Waals surface area contributed by atoms with Gasteiger partial charge in [0.05, 0.1) is 16.4 Å². The molecule has 0 bridgehead atoms. The third-order valence-corrected chi connectivity index (χ3v) is 5.39. The van der Waals surface area contributed by atoms with Crippen molar-refractivity contribution < 1.29 is 22.9 Å². The summed E-state index contributed by atoms with van der Waals surface area (Å²) in [5, 5.41) is 13.4. The van der Waals surface area contributed by atoms with E-state index in [-0.39, 0.29) is 17.2 Å². The van der Waals surface area contributed by atoms with Crippen LogP contribution in [-0.4, -0.2) is 42.9 Å². The average molecular weight is 342 g/mol. The number of nitro benzene ring substituents is 1. The molecule has 0 unspecified atom stereocenters. The summed E-state index contributed by atoms with van der Waals surface area (Å²) in [5.41, 5.74) is 0.410. The van der Waals surface area contributed by atoms with Crippen molar-refractivity contribution >= 4 is 21.4 Å². The van der Waals surface area contributed by atoms with Gasteiger partial charge in [0.1, 0.15) is 5.75 Å². The van der Waals surface area contributed by atoms with Gasteiger partial charge in [-0.3, -0.25) is 14.9 Å². The first-order valence-corrected chi connectivity index (χ1v) is 8.92. The second-order valence-electron chi connectivity index (χ2n) is 5.57. The number of nitrogens with zero attached hydrogens (tertiary/aromatic N) is 1. The Labute approximate surface area is 133 Å². The van der Waals surface area contributed by atoms with Crippen molar-refractivity contribution in [1.29, 1.82) is 0 Å². The summed E-state index contributed by atoms with van der Waals surface area (Å²) in [7, 11) is -3.06. The Morgan fingerprint density at radius 3 is 2.70 bits per heavy atom. The maximum atomic E-state index is 12.0. The van der Waals surface area contributed by atoms with Gasteiger partial charge in [0.15, 0.2) is 15.9 Å². The van der Waals surface area contributed by atoms with Crippen LogP contribution in [0.15, 0.2) is 18.2 Å². The third kappa shape index (κ3) is 4.41. The average Bonchev–Trinajstić information content (AvgIpc) is 2.77. The van der Waals surface area contributed by atoms with Crippen molar-refractivity contribution in [3.05, 3.63) is 33.9 Å². The highest BCUT2D eigenvalue weighted by Crippen LogP contribution is 2.23. The molecule has 1 N–H and O–H groups in total. The summed E-state index contributed by atoms with van der Waals surface area (Å²) < 4.78 is 28.2. The van der Waals surface area contributed by atoms with Crippen molar-refractivity contribution in [2.24, 2.45) is 0 Å². The summed E-state index contributed by atoms with van der Waals surface area (Å²) in [4.78, 5) is 22.3. The van der Waals surface area contributed by atoms with Crippen LogP contribution in [0, 0.1) is 17.0 Å². The molecule has 126 valence electrons. The second-order valence-corrected chi connectivity index (χ2v) is 7.80. The van der Waals surface area contributed by atoms with E-state index >= 15 is 0 Å². The van der Waals surface area contributed by atoms with Gasteiger partial charge in [0.25, 0.3) is 11.6 Å². The van der Waals surface area contributed by atoms with Crippen LogP contribution in [0.2, 0.25) is 0 Å². The highest BCUT2D eigenvalue weighted by atomic mass is 32.2. The summed E-state index contributed by atoms with van der Waals surface area (Å²) in [6.45, 7) is 3.12. The first kappa shape index (κ1) is 17.2. The molecule has 0 saturated carbocycles. The van der Waals surface area contributed by atoms with E-state index in [1.54, 1.807) is 6.92 Å². The number of aryl methyl sites for hydroxylation is 1. The molecule has 1 amide bonds. The molecule has 0 aromatic heterocycles. The van der Waals surface area contributed by atoms with Crippen LogP contribution in [-0.2, 0) is 14.6 Å². The number of ether oxygens (including phenoxy) is 1. The predicted molar refractivity (Wildman–Crippen MR) is 83.1 cm³/mol. The molecule has 23 heavy (non-hydrogen) atoms. The zero-order valence-electron chi connectivity index (χ0n) is 12.8. The number of hydrogen-bond donors (Lipinski definition) is 1. The largest absolute Gasteiger partial charge is 0.481 e. The van der Waals surface area contributed by atoms with E-state index in [1.165, 1.54) is 25.1 Å². The first-order valence-electron chi connectivity index (χ1n) is 7.10. The number of hydrogen-bond acceptors (Lipinski definition) is 6. The van der Waals surface area contributed by atoms with Gasteiger partial charge in [-0.2, -0.15) is 0 Å². The summed E-state index contributed by atoms with van der Waals surface area (Å²) in [5.74, 6) is -0.0468. The number of benzene rings is 1. The number of rotatable bonds is 5. The Balaban J connectivity index is 1.96. The van der Waals surface area contributed by atoms with Gasteiger partial charge in [0, 0.05) is 17.7 Å². The van der Waals surface area contributed by atoms with E-state index in [9.17, 15) is 23.3 Å². The SMILES string of the molecule is Cc1cc(O[C@@H](C)C(=O)N[C@H]2CCS(=O)(=O)C2)ccc1[N+](=O)[O-]. The monoisotopic (exact) mass is 342 g/mol. The van der Waals surface area contributed by atoms with E-state index in [1.807, 2.05) is 0 Å². The molecular weight excluding hydrogens is 324 g/mol. The van der Waals surface area contributed by atoms with Gasteiger partial charge in [-0.15, -0.1) is 0 Å². The lowest BCUT2D eigenvalue weighted by Crippen LogP contribution is -2.43. The topological polar surface area (TPSA) is 116 Å². The standard InChI is InChI=1S/C14H18N2O6S/c1-9-7-12(3-4-13(9)16(18)19)22-10(2)14(17)15-11-5-6-23(20,21)8-11/h3-4,7,10-11H,5-6,8H2,1-2H3,(H,15,17)/t10-,11-/m0/s1. The molecule has 0 radical (unpaired) electrons. The Bertz CT molecular complexity index is 731. The van der Waals surface area contributed by atoms with Gasteiger partial charge in [-0.25, -0.2) is 8.42 Å². The molecule has 2 atom stereocenters. The van der Waals surface area contributed by atoms with E-state index in [4.69, 9.17) is 4.74 Å². The molecule has 2 rings (SSSR count). The fourth-order valence-electron chi connectivity index (χ4n) is 2.39. The second kappa shape index (κ2) is 6.53. The molecule has 0 spiro atoms. The molecular formula is C14H18N2O6S. The fraction of sp³-hybridized carbons (Fsp3) is 0.500. The zero-order valence-corrected chi connectivity index (χ0v) is 13.6. The molecule has 1 aromatic carbocycles. The van der Waals surface area contributed by atoms with Crippen LogP contribution in [0.3, 0.4) is 0 Å². The van der Waals surface area contributed by atoms with Gasteiger partial charge < -0.3 is 10.1 Å². The van der Waals surface area contributed by atoms with Crippen molar-refractivity contribution in [2.45, 2.75) is 32.4 Å². The number of carbonyl (C=O) groups is 1. The van der Waals surface area contributed by atoms with Crippen LogP contribution in [0.4, 0.5) is 5.69 Å². The quantitative estimate of drug-likeness (QED) is 0.630. The van der Waals surface area contributed by atoms with Crippen molar-refractivity contribution in [2.75, 3.05) is 11.5 Å². The van der Waals surface area contributed by atoms with E-state index in [2.05, 4.69) is 5.32 Å². The number of carbonyl (C=O) groups excluding carboxylic acids is 1. The fourth-order valence-corrected chi connectivity index (χ4v) is 4.06. The number of sulfone groups is 1. The molecule has 1 aromatic rings.